The Morgan fingerprint density at radius 2 is 2.27 bits per heavy atom. The SMILES string of the molecule is O=C(c1cc(Cl)c2c(c1)OCO2)N(Cc1cccnc1)CC1CCCO1. The number of rotatable bonds is 5. The monoisotopic (exact) mass is 374 g/mol. The number of aromatic nitrogens is 1. The van der Waals surface area contributed by atoms with Crippen LogP contribution in [0.4, 0.5) is 0 Å². The van der Waals surface area contributed by atoms with Crippen molar-refractivity contribution < 1.29 is 19.0 Å². The summed E-state index contributed by atoms with van der Waals surface area (Å²) < 4.78 is 16.4. The van der Waals surface area contributed by atoms with Gasteiger partial charge < -0.3 is 19.1 Å². The molecule has 6 nitrogen and oxygen atoms in total. The van der Waals surface area contributed by atoms with Crippen LogP contribution < -0.4 is 9.47 Å². The molecule has 26 heavy (non-hydrogen) atoms. The molecule has 3 heterocycles. The number of nitrogens with zero attached hydrogens (tertiary/aromatic N) is 2. The predicted molar refractivity (Wildman–Crippen MR) is 95.5 cm³/mol. The van der Waals surface area contributed by atoms with Crippen LogP contribution in [0.5, 0.6) is 11.5 Å². The predicted octanol–water partition coefficient (Wildman–Crippen LogP) is 3.29. The fourth-order valence-electron chi connectivity index (χ4n) is 3.24. The summed E-state index contributed by atoms with van der Waals surface area (Å²) in [4.78, 5) is 19.1. The molecule has 2 aliphatic rings. The zero-order valence-corrected chi connectivity index (χ0v) is 14.9. The Morgan fingerprint density at radius 1 is 1.35 bits per heavy atom. The Morgan fingerprint density at radius 3 is 3.04 bits per heavy atom. The molecule has 136 valence electrons. The molecule has 1 amide bonds. The molecule has 1 fully saturated rings. The maximum Gasteiger partial charge on any atom is 0.254 e. The molecule has 0 bridgehead atoms. The third kappa shape index (κ3) is 3.61. The third-order valence-electron chi connectivity index (χ3n) is 4.51. The van der Waals surface area contributed by atoms with Crippen LogP contribution >= 0.6 is 11.6 Å². The van der Waals surface area contributed by atoms with Gasteiger partial charge in [-0.25, -0.2) is 0 Å². The van der Waals surface area contributed by atoms with E-state index in [0.29, 0.717) is 35.2 Å². The summed E-state index contributed by atoms with van der Waals surface area (Å²) in [5.41, 5.74) is 1.44. The lowest BCUT2D eigenvalue weighted by Gasteiger charge is -2.26. The number of carbonyl (C=O) groups is 1. The molecule has 2 aliphatic heterocycles. The summed E-state index contributed by atoms with van der Waals surface area (Å²) in [5, 5.41) is 0.377. The molecule has 1 saturated heterocycles. The van der Waals surface area contributed by atoms with Gasteiger partial charge in [0.2, 0.25) is 6.79 Å². The Labute approximate surface area is 156 Å². The van der Waals surface area contributed by atoms with Crippen LogP contribution in [0.25, 0.3) is 0 Å². The quantitative estimate of drug-likeness (QED) is 0.803. The molecule has 0 radical (unpaired) electrons. The molecule has 0 spiro atoms. The Kier molecular flexibility index (Phi) is 4.95. The van der Waals surface area contributed by atoms with E-state index in [4.69, 9.17) is 25.8 Å². The maximum atomic E-state index is 13.2. The number of pyridine rings is 1. The highest BCUT2D eigenvalue weighted by molar-refractivity contribution is 6.32. The van der Waals surface area contributed by atoms with Crippen molar-refractivity contribution in [2.24, 2.45) is 0 Å². The van der Waals surface area contributed by atoms with E-state index < -0.39 is 0 Å². The van der Waals surface area contributed by atoms with Crippen LogP contribution in [0.2, 0.25) is 5.02 Å². The molecule has 1 unspecified atom stereocenters. The lowest BCUT2D eigenvalue weighted by molar-refractivity contribution is 0.0507. The molecular formula is C19H19ClN2O4. The normalized spacial score (nSPS) is 18.1. The molecule has 1 atom stereocenters. The Balaban J connectivity index is 1.59. The van der Waals surface area contributed by atoms with E-state index in [1.807, 2.05) is 12.1 Å². The lowest BCUT2D eigenvalue weighted by atomic mass is 10.1. The van der Waals surface area contributed by atoms with Crippen molar-refractivity contribution in [2.75, 3.05) is 19.9 Å². The van der Waals surface area contributed by atoms with Crippen LogP contribution in [0.1, 0.15) is 28.8 Å². The summed E-state index contributed by atoms with van der Waals surface area (Å²) in [6.45, 7) is 1.84. The number of fused-ring (bicyclic) bond motifs is 1. The minimum Gasteiger partial charge on any atom is -0.454 e. The molecule has 0 saturated carbocycles. The fraction of sp³-hybridized carbons (Fsp3) is 0.368. The number of benzene rings is 1. The number of halogens is 1. The minimum absolute atomic E-state index is 0.0557. The summed E-state index contributed by atoms with van der Waals surface area (Å²) >= 11 is 6.24. The van der Waals surface area contributed by atoms with Gasteiger partial charge in [0.15, 0.2) is 11.5 Å². The first-order valence-electron chi connectivity index (χ1n) is 8.59. The van der Waals surface area contributed by atoms with E-state index in [0.717, 1.165) is 25.0 Å². The highest BCUT2D eigenvalue weighted by Crippen LogP contribution is 2.40. The number of carbonyl (C=O) groups excluding carboxylic acids is 1. The largest absolute Gasteiger partial charge is 0.454 e. The van der Waals surface area contributed by atoms with Crippen molar-refractivity contribution in [1.82, 2.24) is 9.88 Å². The van der Waals surface area contributed by atoms with E-state index in [1.54, 1.807) is 29.4 Å². The van der Waals surface area contributed by atoms with Crippen molar-refractivity contribution >= 4 is 17.5 Å². The van der Waals surface area contributed by atoms with Gasteiger partial charge in [-0.15, -0.1) is 0 Å². The number of hydrogen-bond donors (Lipinski definition) is 0. The summed E-state index contributed by atoms with van der Waals surface area (Å²) in [5.74, 6) is 0.866. The van der Waals surface area contributed by atoms with E-state index in [1.165, 1.54) is 0 Å². The zero-order valence-electron chi connectivity index (χ0n) is 14.2. The third-order valence-corrected chi connectivity index (χ3v) is 4.79. The molecule has 1 aromatic carbocycles. The smallest absolute Gasteiger partial charge is 0.254 e. The van der Waals surface area contributed by atoms with Crippen LogP contribution in [0.15, 0.2) is 36.7 Å². The molecule has 2 aromatic rings. The van der Waals surface area contributed by atoms with Crippen molar-refractivity contribution in [3.63, 3.8) is 0 Å². The van der Waals surface area contributed by atoms with Gasteiger partial charge in [0.1, 0.15) is 0 Å². The van der Waals surface area contributed by atoms with Crippen molar-refractivity contribution in [1.29, 1.82) is 0 Å². The van der Waals surface area contributed by atoms with Gasteiger partial charge in [-0.05, 0) is 36.6 Å². The van der Waals surface area contributed by atoms with Crippen LogP contribution in [-0.2, 0) is 11.3 Å². The summed E-state index contributed by atoms with van der Waals surface area (Å²) in [6, 6.07) is 7.13. The zero-order chi connectivity index (χ0) is 17.9. The average Bonchev–Trinajstić information content (AvgIpc) is 3.33. The molecule has 1 aromatic heterocycles. The first-order chi connectivity index (χ1) is 12.7. The maximum absolute atomic E-state index is 13.2. The van der Waals surface area contributed by atoms with E-state index in [-0.39, 0.29) is 18.8 Å². The van der Waals surface area contributed by atoms with Gasteiger partial charge in [-0.2, -0.15) is 0 Å². The second-order valence-corrected chi connectivity index (χ2v) is 6.78. The highest BCUT2D eigenvalue weighted by Gasteiger charge is 2.26. The van der Waals surface area contributed by atoms with Crippen molar-refractivity contribution in [3.05, 3.63) is 52.8 Å². The fourth-order valence-corrected chi connectivity index (χ4v) is 3.50. The number of amides is 1. The standard InChI is InChI=1S/C19H19ClN2O4/c20-16-7-14(8-17-18(16)26-12-25-17)19(23)22(11-15-4-2-6-24-15)10-13-3-1-5-21-9-13/h1,3,5,7-9,15H,2,4,6,10-12H2. The Hall–Kier alpha value is -2.31. The molecule has 0 N–H and O–H groups in total. The van der Waals surface area contributed by atoms with Crippen LogP contribution in [0.3, 0.4) is 0 Å². The highest BCUT2D eigenvalue weighted by atomic mass is 35.5. The summed E-state index contributed by atoms with van der Waals surface area (Å²) in [7, 11) is 0. The number of ether oxygens (including phenoxy) is 3. The van der Waals surface area contributed by atoms with Gasteiger partial charge in [-0.1, -0.05) is 17.7 Å². The van der Waals surface area contributed by atoms with E-state index in [9.17, 15) is 4.79 Å². The molecule has 7 heteroatoms. The molecule has 4 rings (SSSR count). The minimum atomic E-state index is -0.121. The molecular weight excluding hydrogens is 356 g/mol. The topological polar surface area (TPSA) is 60.9 Å². The second-order valence-electron chi connectivity index (χ2n) is 6.37. The second kappa shape index (κ2) is 7.51. The van der Waals surface area contributed by atoms with Gasteiger partial charge in [0, 0.05) is 37.7 Å². The summed E-state index contributed by atoms with van der Waals surface area (Å²) in [6.07, 6.45) is 5.52. The lowest BCUT2D eigenvalue weighted by Crippen LogP contribution is -2.37. The van der Waals surface area contributed by atoms with Crippen LogP contribution in [-0.4, -0.2) is 41.8 Å². The first-order valence-corrected chi connectivity index (χ1v) is 8.97. The van der Waals surface area contributed by atoms with Gasteiger partial charge >= 0.3 is 0 Å². The average molecular weight is 375 g/mol. The van der Waals surface area contributed by atoms with E-state index in [2.05, 4.69) is 4.98 Å². The van der Waals surface area contributed by atoms with Gasteiger partial charge in [-0.3, -0.25) is 9.78 Å². The van der Waals surface area contributed by atoms with Crippen molar-refractivity contribution in [2.45, 2.75) is 25.5 Å². The first kappa shape index (κ1) is 17.1. The van der Waals surface area contributed by atoms with Gasteiger partial charge in [0.05, 0.1) is 11.1 Å². The van der Waals surface area contributed by atoms with Crippen molar-refractivity contribution in [3.8, 4) is 11.5 Å². The Bertz CT molecular complexity index is 794. The number of hydrogen-bond acceptors (Lipinski definition) is 5. The van der Waals surface area contributed by atoms with Crippen LogP contribution in [0, 0.1) is 0 Å². The van der Waals surface area contributed by atoms with Gasteiger partial charge in [0.25, 0.3) is 5.91 Å². The molecule has 0 aliphatic carbocycles. The van der Waals surface area contributed by atoms with E-state index >= 15 is 0 Å².